The number of aryl methyl sites for hydroxylation is 2. The zero-order valence-electron chi connectivity index (χ0n) is 14.4. The van der Waals surface area contributed by atoms with Gasteiger partial charge in [0.05, 0.1) is 9.77 Å². The van der Waals surface area contributed by atoms with E-state index >= 15 is 0 Å². The van der Waals surface area contributed by atoms with Crippen molar-refractivity contribution in [1.82, 2.24) is 9.62 Å². The van der Waals surface area contributed by atoms with Crippen LogP contribution in [0.15, 0.2) is 40.6 Å². The van der Waals surface area contributed by atoms with Crippen LogP contribution in [-0.4, -0.2) is 38.4 Å². The number of sulfonamides is 1. The summed E-state index contributed by atoms with van der Waals surface area (Å²) in [5.74, 6) is 0.0328. The molecule has 7 heteroatoms. The van der Waals surface area contributed by atoms with Gasteiger partial charge in [0.25, 0.3) is 5.91 Å². The van der Waals surface area contributed by atoms with E-state index in [0.29, 0.717) is 30.8 Å². The van der Waals surface area contributed by atoms with E-state index in [9.17, 15) is 13.2 Å². The first-order valence-corrected chi connectivity index (χ1v) is 10.7. The number of piperidine rings is 1. The lowest BCUT2D eigenvalue weighted by molar-refractivity contribution is 0.0716. The molecule has 2 aromatic rings. The molecule has 2 heterocycles. The fourth-order valence-electron chi connectivity index (χ4n) is 2.93. The van der Waals surface area contributed by atoms with Crippen molar-refractivity contribution in [3.05, 3.63) is 51.7 Å². The zero-order valence-corrected chi connectivity index (χ0v) is 16.0. The topological polar surface area (TPSA) is 66.5 Å². The molecule has 25 heavy (non-hydrogen) atoms. The van der Waals surface area contributed by atoms with Crippen LogP contribution >= 0.6 is 11.3 Å². The minimum Gasteiger partial charge on any atom is -0.338 e. The number of thiophene rings is 1. The molecule has 1 aromatic carbocycles. The Morgan fingerprint density at radius 3 is 2.48 bits per heavy atom. The maximum absolute atomic E-state index is 12.6. The van der Waals surface area contributed by atoms with Crippen molar-refractivity contribution < 1.29 is 13.2 Å². The van der Waals surface area contributed by atoms with Crippen LogP contribution in [0.2, 0.25) is 0 Å². The molecule has 0 saturated carbocycles. The predicted molar refractivity (Wildman–Crippen MR) is 99.5 cm³/mol. The highest BCUT2D eigenvalue weighted by Crippen LogP contribution is 2.20. The Labute approximate surface area is 152 Å². The van der Waals surface area contributed by atoms with Gasteiger partial charge >= 0.3 is 0 Å². The maximum atomic E-state index is 12.6. The van der Waals surface area contributed by atoms with Crippen molar-refractivity contribution in [3.63, 3.8) is 0 Å². The molecule has 3 rings (SSSR count). The molecule has 0 aliphatic carbocycles. The van der Waals surface area contributed by atoms with Gasteiger partial charge in [-0.2, -0.15) is 0 Å². The van der Waals surface area contributed by atoms with E-state index in [1.54, 1.807) is 17.0 Å². The highest BCUT2D eigenvalue weighted by atomic mass is 32.2. The van der Waals surface area contributed by atoms with Crippen LogP contribution in [0.4, 0.5) is 0 Å². The average Bonchev–Trinajstić information content (AvgIpc) is 3.11. The van der Waals surface area contributed by atoms with Crippen LogP contribution in [-0.2, 0) is 10.0 Å². The summed E-state index contributed by atoms with van der Waals surface area (Å²) in [6, 6.07) is 8.71. The van der Waals surface area contributed by atoms with Gasteiger partial charge in [-0.3, -0.25) is 4.79 Å². The second-order valence-electron chi connectivity index (χ2n) is 6.41. The minimum absolute atomic E-state index is 0.0328. The van der Waals surface area contributed by atoms with Gasteiger partial charge in [0.2, 0.25) is 10.0 Å². The summed E-state index contributed by atoms with van der Waals surface area (Å²) in [7, 11) is -3.53. The number of carbonyl (C=O) groups is 1. The number of likely N-dealkylation sites (tertiary alicyclic amines) is 1. The van der Waals surface area contributed by atoms with Gasteiger partial charge in [0.1, 0.15) is 0 Å². The second-order valence-corrected chi connectivity index (χ2v) is 9.07. The van der Waals surface area contributed by atoms with Gasteiger partial charge in [-0.25, -0.2) is 13.1 Å². The quantitative estimate of drug-likeness (QED) is 0.889. The molecule has 5 nitrogen and oxygen atoms in total. The first kappa shape index (κ1) is 18.1. The molecule has 0 atom stereocenters. The number of nitrogens with zero attached hydrogens (tertiary/aromatic N) is 1. The lowest BCUT2D eigenvalue weighted by Crippen LogP contribution is -2.46. The number of nitrogens with one attached hydrogen (secondary N) is 1. The van der Waals surface area contributed by atoms with Crippen molar-refractivity contribution >= 4 is 27.3 Å². The minimum atomic E-state index is -3.53. The number of amides is 1. The Hall–Kier alpha value is -1.70. The summed E-state index contributed by atoms with van der Waals surface area (Å²) in [6.45, 7) is 5.00. The highest BCUT2D eigenvalue weighted by Gasteiger charge is 2.27. The Kier molecular flexibility index (Phi) is 5.27. The van der Waals surface area contributed by atoms with Crippen molar-refractivity contribution in [2.24, 2.45) is 0 Å². The van der Waals surface area contributed by atoms with E-state index < -0.39 is 10.0 Å². The van der Waals surface area contributed by atoms with Gasteiger partial charge < -0.3 is 4.90 Å². The molecular weight excluding hydrogens is 356 g/mol. The number of carbonyl (C=O) groups excluding carboxylic acids is 1. The molecule has 0 radical (unpaired) electrons. The monoisotopic (exact) mass is 378 g/mol. The summed E-state index contributed by atoms with van der Waals surface area (Å²) in [6.07, 6.45) is 1.25. The highest BCUT2D eigenvalue weighted by molar-refractivity contribution is 7.89. The molecule has 1 aliphatic rings. The van der Waals surface area contributed by atoms with Crippen LogP contribution in [0.1, 0.15) is 33.6 Å². The lowest BCUT2D eigenvalue weighted by atomic mass is 10.1. The Morgan fingerprint density at radius 1 is 1.16 bits per heavy atom. The molecule has 134 valence electrons. The molecule has 0 spiro atoms. The van der Waals surface area contributed by atoms with Crippen LogP contribution in [0.25, 0.3) is 0 Å². The number of hydrogen-bond donors (Lipinski definition) is 1. The van der Waals surface area contributed by atoms with Crippen molar-refractivity contribution in [2.75, 3.05) is 13.1 Å². The summed E-state index contributed by atoms with van der Waals surface area (Å²) >= 11 is 1.43. The molecule has 1 aliphatic heterocycles. The molecule has 1 aromatic heterocycles. The standard InChI is InChI=1S/C18H22N2O3S2/c1-13-5-6-16(12-14(13)2)25(22,23)19-15-7-9-20(10-8-15)18(21)17-4-3-11-24-17/h3-6,11-12,15,19H,7-10H2,1-2H3. The maximum Gasteiger partial charge on any atom is 0.263 e. The van der Waals surface area contributed by atoms with Crippen LogP contribution in [0.5, 0.6) is 0 Å². The van der Waals surface area contributed by atoms with Crippen molar-refractivity contribution in [3.8, 4) is 0 Å². The van der Waals surface area contributed by atoms with Crippen LogP contribution in [0, 0.1) is 13.8 Å². The third-order valence-electron chi connectivity index (χ3n) is 4.62. The summed E-state index contributed by atoms with van der Waals surface area (Å²) in [4.78, 5) is 15.2. The van der Waals surface area contributed by atoms with E-state index in [4.69, 9.17) is 0 Å². The third-order valence-corrected chi connectivity index (χ3v) is 7.00. The van der Waals surface area contributed by atoms with Crippen molar-refractivity contribution in [1.29, 1.82) is 0 Å². The van der Waals surface area contributed by atoms with E-state index in [2.05, 4.69) is 4.72 Å². The van der Waals surface area contributed by atoms with Gasteiger partial charge in [0.15, 0.2) is 0 Å². The number of hydrogen-bond acceptors (Lipinski definition) is 4. The SMILES string of the molecule is Cc1ccc(S(=O)(=O)NC2CCN(C(=O)c3cccs3)CC2)cc1C. The van der Waals surface area contributed by atoms with Gasteiger partial charge in [0, 0.05) is 19.1 Å². The molecule has 0 bridgehead atoms. The third kappa shape index (κ3) is 4.11. The normalized spacial score (nSPS) is 16.2. The molecule has 1 amide bonds. The molecule has 1 N–H and O–H groups in total. The Bertz CT molecular complexity index is 852. The van der Waals surface area contributed by atoms with E-state index in [1.165, 1.54) is 11.3 Å². The summed E-state index contributed by atoms with van der Waals surface area (Å²) < 4.78 is 27.9. The zero-order chi connectivity index (χ0) is 18.0. The van der Waals surface area contributed by atoms with Crippen LogP contribution in [0.3, 0.4) is 0 Å². The van der Waals surface area contributed by atoms with Crippen molar-refractivity contribution in [2.45, 2.75) is 37.6 Å². The van der Waals surface area contributed by atoms with E-state index in [-0.39, 0.29) is 11.9 Å². The Morgan fingerprint density at radius 2 is 1.88 bits per heavy atom. The first-order chi connectivity index (χ1) is 11.9. The molecule has 0 unspecified atom stereocenters. The van der Waals surface area contributed by atoms with E-state index in [0.717, 1.165) is 16.0 Å². The predicted octanol–water partition coefficient (Wildman–Crippen LogP) is 2.95. The first-order valence-electron chi connectivity index (χ1n) is 8.29. The largest absolute Gasteiger partial charge is 0.338 e. The number of benzene rings is 1. The Balaban J connectivity index is 1.61. The van der Waals surface area contributed by atoms with Crippen LogP contribution < -0.4 is 4.72 Å². The fourth-order valence-corrected chi connectivity index (χ4v) is 5.01. The van der Waals surface area contributed by atoms with Gasteiger partial charge in [-0.15, -0.1) is 11.3 Å². The summed E-state index contributed by atoms with van der Waals surface area (Å²) in [5.41, 5.74) is 2.03. The summed E-state index contributed by atoms with van der Waals surface area (Å²) in [5, 5.41) is 1.89. The molecule has 1 saturated heterocycles. The second kappa shape index (κ2) is 7.27. The van der Waals surface area contributed by atoms with E-state index in [1.807, 2.05) is 37.4 Å². The number of rotatable bonds is 4. The average molecular weight is 379 g/mol. The van der Waals surface area contributed by atoms with Gasteiger partial charge in [-0.05, 0) is 61.4 Å². The smallest absolute Gasteiger partial charge is 0.263 e. The van der Waals surface area contributed by atoms with Gasteiger partial charge in [-0.1, -0.05) is 12.1 Å². The fraction of sp³-hybridized carbons (Fsp3) is 0.389. The lowest BCUT2D eigenvalue weighted by Gasteiger charge is -2.32. The molecule has 1 fully saturated rings. The molecular formula is C18H22N2O3S2.